The average Bonchev–Trinajstić information content (AvgIpc) is 3.37. The lowest BCUT2D eigenvalue weighted by Crippen LogP contribution is -2.29. The number of fused-ring (bicyclic) bond motifs is 1. The highest BCUT2D eigenvalue weighted by molar-refractivity contribution is 8.77. The number of aromatic amines is 1. The molecule has 0 aromatic carbocycles. The van der Waals surface area contributed by atoms with Gasteiger partial charge in [-0.25, -0.2) is 18.7 Å². The zero-order valence-electron chi connectivity index (χ0n) is 20.3. The lowest BCUT2D eigenvalue weighted by atomic mass is 10.2. The molecule has 0 aliphatic carbocycles. The summed E-state index contributed by atoms with van der Waals surface area (Å²) in [6.07, 6.45) is -1.32. The van der Waals surface area contributed by atoms with Crippen LogP contribution in [0.5, 0.6) is 0 Å². The zero-order chi connectivity index (χ0) is 29.2. The summed E-state index contributed by atoms with van der Waals surface area (Å²) in [6.45, 7) is 3.55. The predicted molar refractivity (Wildman–Crippen MR) is 139 cm³/mol. The Morgan fingerprint density at radius 3 is 2.56 bits per heavy atom. The summed E-state index contributed by atoms with van der Waals surface area (Å²) >= 11 is 0. The first-order valence-electron chi connectivity index (χ1n) is 10.7. The molecule has 0 radical (unpaired) electrons. The molecule has 222 valence electrons. The highest BCUT2D eigenvalue weighted by atomic mass is 33.1. The molecular weight excluding hydrogens is 629 g/mol. The van der Waals surface area contributed by atoms with Gasteiger partial charge in [-0.05, 0) is 13.8 Å². The summed E-state index contributed by atoms with van der Waals surface area (Å²) in [5, 5.41) is 0. The molecule has 3 rings (SSSR count). The summed E-state index contributed by atoms with van der Waals surface area (Å²) in [6, 6.07) is 0. The van der Waals surface area contributed by atoms with Crippen molar-refractivity contribution in [2.75, 3.05) is 24.8 Å². The van der Waals surface area contributed by atoms with Gasteiger partial charge in [0, 0.05) is 17.7 Å². The van der Waals surface area contributed by atoms with Crippen LogP contribution in [0, 0.1) is 0 Å². The Bertz CT molecular complexity index is 1370. The van der Waals surface area contributed by atoms with Gasteiger partial charge < -0.3 is 40.5 Å². The number of imidazole rings is 1. The Hall–Kier alpha value is -0.860. The summed E-state index contributed by atoms with van der Waals surface area (Å²) in [7, 11) is -13.8. The lowest BCUT2D eigenvalue weighted by Gasteiger charge is -2.23. The third kappa shape index (κ3) is 9.59. The third-order valence-electron chi connectivity index (χ3n) is 4.87. The first-order valence-corrected chi connectivity index (χ1v) is 17.5. The van der Waals surface area contributed by atoms with Gasteiger partial charge in [0.25, 0.3) is 5.56 Å². The second kappa shape index (κ2) is 12.6. The van der Waals surface area contributed by atoms with Crippen molar-refractivity contribution < 1.29 is 55.9 Å². The number of ether oxygens (including phenoxy) is 2. The Morgan fingerprint density at radius 2 is 1.92 bits per heavy atom. The highest BCUT2D eigenvalue weighted by Crippen LogP contribution is 2.66. The van der Waals surface area contributed by atoms with E-state index in [1.165, 1.54) is 32.5 Å². The zero-order valence-corrected chi connectivity index (χ0v) is 24.6. The summed E-state index contributed by atoms with van der Waals surface area (Å²) < 4.78 is 59.7. The summed E-state index contributed by atoms with van der Waals surface area (Å²) in [5.41, 5.74) is 10.9. The molecule has 19 nitrogen and oxygen atoms in total. The number of rotatable bonds is 14. The standard InChI is InChI=1S/C15H27N6O13P3S2/c1-15(2,5-16)39-38-7-30-8-3-10(21-6-18-11-12(21)19-14(17)20-13(11)22)32-9(8)4-31-36(26,27)34-37(28,29)33-35(23,24)25/h6,8-10H,3-5,7,16H2,1-2H3,(H,26,27)(H,28,29)(H2,23,24,25)(H3,17,19,20,22)/t8?,9-,10-/m1/s1. The molecule has 0 saturated carbocycles. The number of aromatic nitrogens is 4. The minimum atomic E-state index is -5.70. The molecular formula is C15H27N6O13P3S2. The van der Waals surface area contributed by atoms with E-state index in [2.05, 4.69) is 23.6 Å². The summed E-state index contributed by atoms with van der Waals surface area (Å²) in [5.74, 6) is -0.0314. The maximum atomic E-state index is 12.2. The second-order valence-corrected chi connectivity index (χ2v) is 15.9. The molecule has 1 fully saturated rings. The van der Waals surface area contributed by atoms with Crippen LogP contribution < -0.4 is 17.0 Å². The monoisotopic (exact) mass is 656 g/mol. The molecule has 0 bridgehead atoms. The molecule has 24 heteroatoms. The number of phosphoric acid groups is 3. The molecule has 39 heavy (non-hydrogen) atoms. The fraction of sp³-hybridized carbons (Fsp3) is 0.667. The van der Waals surface area contributed by atoms with Gasteiger partial charge >= 0.3 is 23.5 Å². The van der Waals surface area contributed by atoms with E-state index in [1.54, 1.807) is 0 Å². The van der Waals surface area contributed by atoms with E-state index >= 15 is 0 Å². The van der Waals surface area contributed by atoms with Crippen LogP contribution in [0.15, 0.2) is 11.1 Å². The molecule has 0 spiro atoms. The van der Waals surface area contributed by atoms with Crippen LogP contribution in [-0.2, 0) is 36.3 Å². The largest absolute Gasteiger partial charge is 0.490 e. The normalized spacial score (nSPS) is 23.6. The maximum Gasteiger partial charge on any atom is 0.490 e. The van der Waals surface area contributed by atoms with Crippen LogP contribution >= 0.6 is 45.1 Å². The second-order valence-electron chi connectivity index (χ2n) is 8.51. The Balaban J connectivity index is 1.74. The number of hydrogen-bond donors (Lipinski definition) is 7. The number of nitrogens with one attached hydrogen (secondary N) is 1. The molecule has 0 amide bonds. The van der Waals surface area contributed by atoms with Gasteiger partial charge in [0.2, 0.25) is 5.95 Å². The van der Waals surface area contributed by atoms with Crippen molar-refractivity contribution in [3.05, 3.63) is 16.7 Å². The van der Waals surface area contributed by atoms with Crippen LogP contribution in [0.3, 0.4) is 0 Å². The van der Waals surface area contributed by atoms with E-state index in [4.69, 9.17) is 35.3 Å². The van der Waals surface area contributed by atoms with Crippen LogP contribution in [0.25, 0.3) is 11.2 Å². The van der Waals surface area contributed by atoms with E-state index in [-0.39, 0.29) is 34.2 Å². The van der Waals surface area contributed by atoms with Gasteiger partial charge in [0.1, 0.15) is 18.3 Å². The third-order valence-corrected chi connectivity index (χ3v) is 11.6. The number of nitrogens with two attached hydrogens (primary N) is 2. The molecule has 3 heterocycles. The minimum Gasteiger partial charge on any atom is -0.369 e. The highest BCUT2D eigenvalue weighted by Gasteiger charge is 2.43. The van der Waals surface area contributed by atoms with E-state index in [9.17, 15) is 28.3 Å². The SMILES string of the molecule is CC(C)(CN)SSCOC1C[C@H](n2cnc3c(=O)[nH]c(N)nc32)O[C@@H]1COP(=O)(O)OP(=O)(O)OP(=O)(O)O. The number of phosphoric ester groups is 1. The Morgan fingerprint density at radius 1 is 1.23 bits per heavy atom. The quantitative estimate of drug-likeness (QED) is 0.0640. The molecule has 1 saturated heterocycles. The topological polar surface area (TPSA) is 294 Å². The van der Waals surface area contributed by atoms with Crippen LogP contribution in [0.4, 0.5) is 5.95 Å². The van der Waals surface area contributed by atoms with Crippen molar-refractivity contribution in [3.63, 3.8) is 0 Å². The molecule has 1 aliphatic heterocycles. The molecule has 9 N–H and O–H groups in total. The predicted octanol–water partition coefficient (Wildman–Crippen LogP) is 0.794. The van der Waals surface area contributed by atoms with E-state index in [0.717, 1.165) is 0 Å². The van der Waals surface area contributed by atoms with Crippen molar-refractivity contribution in [1.29, 1.82) is 0 Å². The average molecular weight is 656 g/mol. The molecule has 1 aliphatic rings. The van der Waals surface area contributed by atoms with E-state index in [0.29, 0.717) is 6.54 Å². The van der Waals surface area contributed by atoms with Crippen molar-refractivity contribution in [1.82, 2.24) is 19.5 Å². The van der Waals surface area contributed by atoms with Crippen LogP contribution in [0.1, 0.15) is 26.5 Å². The minimum absolute atomic E-state index is 0.0158. The maximum absolute atomic E-state index is 12.2. The van der Waals surface area contributed by atoms with E-state index in [1.807, 2.05) is 13.8 Å². The molecule has 5 atom stereocenters. The smallest absolute Gasteiger partial charge is 0.369 e. The van der Waals surface area contributed by atoms with Crippen molar-refractivity contribution in [3.8, 4) is 0 Å². The van der Waals surface area contributed by atoms with Gasteiger partial charge in [-0.1, -0.05) is 21.6 Å². The number of anilines is 1. The van der Waals surface area contributed by atoms with Gasteiger partial charge in [0.15, 0.2) is 11.2 Å². The van der Waals surface area contributed by atoms with Crippen LogP contribution in [0.2, 0.25) is 0 Å². The van der Waals surface area contributed by atoms with Crippen molar-refractivity contribution in [2.24, 2.45) is 5.73 Å². The lowest BCUT2D eigenvalue weighted by molar-refractivity contribution is -0.0522. The number of hydrogen-bond acceptors (Lipinski definition) is 15. The van der Waals surface area contributed by atoms with Crippen LogP contribution in [-0.4, -0.2) is 75.1 Å². The van der Waals surface area contributed by atoms with E-state index < -0.39 is 54.1 Å². The van der Waals surface area contributed by atoms with Crippen molar-refractivity contribution in [2.45, 2.75) is 43.5 Å². The van der Waals surface area contributed by atoms with Gasteiger partial charge in [-0.2, -0.15) is 13.6 Å². The fourth-order valence-corrected chi connectivity index (χ4v) is 8.32. The number of nitrogen functional groups attached to an aromatic ring is 1. The molecule has 2 aromatic rings. The first kappa shape index (κ1) is 32.7. The van der Waals surface area contributed by atoms with Gasteiger partial charge in [-0.15, -0.1) is 0 Å². The first-order chi connectivity index (χ1) is 17.9. The fourth-order valence-electron chi connectivity index (χ4n) is 3.15. The Kier molecular flexibility index (Phi) is 10.5. The summed E-state index contributed by atoms with van der Waals surface area (Å²) in [4.78, 5) is 59.0. The molecule has 2 aromatic heterocycles. The number of H-pyrrole nitrogens is 1. The number of nitrogens with zero attached hydrogens (tertiary/aromatic N) is 3. The van der Waals surface area contributed by atoms with Crippen molar-refractivity contribution >= 4 is 62.2 Å². The Labute approximate surface area is 228 Å². The van der Waals surface area contributed by atoms with Gasteiger partial charge in [-0.3, -0.25) is 18.9 Å². The van der Waals surface area contributed by atoms with Gasteiger partial charge in [0.05, 0.1) is 19.0 Å². The molecule has 3 unspecified atom stereocenters.